The molecule has 6 nitrogen and oxygen atoms in total. The van der Waals surface area contributed by atoms with Crippen molar-refractivity contribution in [1.29, 1.82) is 5.26 Å². The summed E-state index contributed by atoms with van der Waals surface area (Å²) in [4.78, 5) is 27.2. The molecule has 2 aromatic carbocycles. The highest BCUT2D eigenvalue weighted by Gasteiger charge is 2.61. The highest BCUT2D eigenvalue weighted by atomic mass is 35.5. The van der Waals surface area contributed by atoms with Crippen LogP contribution < -0.4 is 10.6 Å². The standard InChI is InChI=1S/C30H32Cl2F2N4O2/c1-29(2,3)14-24-30(16-35,21-9-8-17(31)12-23(21)33)25(20-6-5-7-22(32)26(20)34)27(37-24)28(40)36-18-10-11-38(4)19(13-18)15-39/h5-9,12,18,24-25,27,37H,10-11,13-14H2,1-4H3,(H,36,40)/t18?,24-,25-,27+,30-/m0/s1. The fourth-order valence-electron chi connectivity index (χ4n) is 6.07. The van der Waals surface area contributed by atoms with Crippen LogP contribution in [0.15, 0.2) is 42.1 Å². The lowest BCUT2D eigenvalue weighted by Crippen LogP contribution is -2.50. The molecule has 0 bridgehead atoms. The number of hydrogen-bond donors (Lipinski definition) is 2. The number of piperidine rings is 1. The van der Waals surface area contributed by atoms with Gasteiger partial charge in [-0.05, 0) is 42.0 Å². The molecule has 0 spiro atoms. The van der Waals surface area contributed by atoms with Crippen molar-refractivity contribution in [3.8, 4) is 6.07 Å². The van der Waals surface area contributed by atoms with E-state index < -0.39 is 41.0 Å². The fourth-order valence-corrected chi connectivity index (χ4v) is 6.41. The van der Waals surface area contributed by atoms with E-state index in [1.54, 1.807) is 18.0 Å². The van der Waals surface area contributed by atoms with Gasteiger partial charge in [-0.15, -0.1) is 0 Å². The van der Waals surface area contributed by atoms with Crippen molar-refractivity contribution in [3.63, 3.8) is 0 Å². The molecule has 5 atom stereocenters. The lowest BCUT2D eigenvalue weighted by atomic mass is 9.62. The van der Waals surface area contributed by atoms with Crippen LogP contribution in [0.5, 0.6) is 0 Å². The Labute approximate surface area is 243 Å². The van der Waals surface area contributed by atoms with E-state index in [-0.39, 0.29) is 39.0 Å². The lowest BCUT2D eigenvalue weighted by Gasteiger charge is -2.37. The molecular formula is C30H32Cl2F2N4O2. The number of carbonyl (C=O) groups is 1. The minimum absolute atomic E-state index is 0.0197. The second-order valence-corrected chi connectivity index (χ2v) is 12.7. The molecule has 4 rings (SSSR count). The second kappa shape index (κ2) is 11.5. The number of nitrogens with zero attached hydrogens (tertiary/aromatic N) is 2. The van der Waals surface area contributed by atoms with Gasteiger partial charge in [0.15, 0.2) is 0 Å². The van der Waals surface area contributed by atoms with Crippen LogP contribution >= 0.6 is 23.2 Å². The number of likely N-dealkylation sites (tertiary alicyclic amines) is 1. The topological polar surface area (TPSA) is 85.2 Å². The monoisotopic (exact) mass is 588 g/mol. The van der Waals surface area contributed by atoms with E-state index in [4.69, 9.17) is 23.2 Å². The van der Waals surface area contributed by atoms with Crippen molar-refractivity contribution in [1.82, 2.24) is 15.5 Å². The predicted octanol–water partition coefficient (Wildman–Crippen LogP) is 5.52. The van der Waals surface area contributed by atoms with Crippen molar-refractivity contribution in [2.75, 3.05) is 13.6 Å². The van der Waals surface area contributed by atoms with Crippen molar-refractivity contribution < 1.29 is 18.4 Å². The maximum atomic E-state index is 15.7. The molecule has 2 heterocycles. The van der Waals surface area contributed by atoms with Crippen molar-refractivity contribution in [3.05, 3.63) is 74.9 Å². The predicted molar refractivity (Wildman–Crippen MR) is 151 cm³/mol. The largest absolute Gasteiger partial charge is 0.369 e. The third-order valence-electron chi connectivity index (χ3n) is 7.91. The van der Waals surface area contributed by atoms with E-state index in [0.29, 0.717) is 25.1 Å². The summed E-state index contributed by atoms with van der Waals surface area (Å²) in [6, 6.07) is 8.57. The van der Waals surface area contributed by atoms with Crippen molar-refractivity contribution >= 4 is 35.1 Å². The molecule has 1 amide bonds. The average Bonchev–Trinajstić information content (AvgIpc) is 3.19. The van der Waals surface area contributed by atoms with Crippen LogP contribution in [0.25, 0.3) is 0 Å². The zero-order valence-electron chi connectivity index (χ0n) is 22.8. The number of rotatable bonds is 5. The van der Waals surface area contributed by atoms with E-state index in [2.05, 4.69) is 16.7 Å². The highest BCUT2D eigenvalue weighted by Crippen LogP contribution is 2.52. The van der Waals surface area contributed by atoms with Crippen LogP contribution in [0.1, 0.15) is 57.1 Å². The number of halogens is 4. The summed E-state index contributed by atoms with van der Waals surface area (Å²) in [6.45, 7) is 6.47. The van der Waals surface area contributed by atoms with E-state index in [1.165, 1.54) is 24.3 Å². The maximum absolute atomic E-state index is 15.7. The molecule has 2 N–H and O–H groups in total. The first-order valence-corrected chi connectivity index (χ1v) is 13.9. The first-order valence-electron chi connectivity index (χ1n) is 13.1. The van der Waals surface area contributed by atoms with E-state index in [0.717, 1.165) is 6.07 Å². The molecule has 0 saturated carbocycles. The molecule has 1 unspecified atom stereocenters. The SMILES string of the molecule is CN1CCC(NC(=O)[C@@H]2N[C@@H](CC(C)(C)C)[C@](C#N)(c3ccc(Cl)cc3F)[C@H]2c2cccc(Cl)c2F)CC1=C=O. The van der Waals surface area contributed by atoms with Crippen molar-refractivity contribution in [2.45, 2.75) is 69.5 Å². The van der Waals surface area contributed by atoms with Crippen LogP contribution in [0.4, 0.5) is 8.78 Å². The minimum Gasteiger partial charge on any atom is -0.369 e. The van der Waals surface area contributed by atoms with Crippen LogP contribution in [-0.4, -0.2) is 48.5 Å². The van der Waals surface area contributed by atoms with Gasteiger partial charge in [0.05, 0.1) is 17.1 Å². The lowest BCUT2D eigenvalue weighted by molar-refractivity contribution is -0.124. The van der Waals surface area contributed by atoms with Gasteiger partial charge in [0.1, 0.15) is 28.7 Å². The van der Waals surface area contributed by atoms with Gasteiger partial charge in [0.25, 0.3) is 0 Å². The van der Waals surface area contributed by atoms with E-state index in [9.17, 15) is 14.9 Å². The Morgan fingerprint density at radius 3 is 2.60 bits per heavy atom. The Bertz CT molecular complexity index is 1400. The number of hydrogen-bond acceptors (Lipinski definition) is 5. The van der Waals surface area contributed by atoms with Crippen LogP contribution in [-0.2, 0) is 15.0 Å². The molecule has 0 radical (unpaired) electrons. The molecule has 2 aliphatic rings. The molecule has 2 saturated heterocycles. The molecule has 0 aliphatic carbocycles. The third kappa shape index (κ3) is 5.62. The van der Waals surface area contributed by atoms with Gasteiger partial charge >= 0.3 is 0 Å². The summed E-state index contributed by atoms with van der Waals surface area (Å²) in [5.74, 6) is -1.19. The van der Waals surface area contributed by atoms with Gasteiger partial charge < -0.3 is 15.5 Å². The van der Waals surface area contributed by atoms with Gasteiger partial charge in [-0.2, -0.15) is 5.26 Å². The Morgan fingerprint density at radius 1 is 1.25 bits per heavy atom. The summed E-state index contributed by atoms with van der Waals surface area (Å²) in [5.41, 5.74) is -1.55. The Balaban J connectivity index is 1.89. The van der Waals surface area contributed by atoms with E-state index in [1.807, 2.05) is 26.7 Å². The zero-order valence-corrected chi connectivity index (χ0v) is 24.3. The van der Waals surface area contributed by atoms with E-state index >= 15 is 8.78 Å². The van der Waals surface area contributed by atoms with Gasteiger partial charge in [0, 0.05) is 48.6 Å². The Kier molecular flexibility index (Phi) is 8.63. The number of amides is 1. The Morgan fingerprint density at radius 2 is 1.98 bits per heavy atom. The van der Waals surface area contributed by atoms with Crippen LogP contribution in [0, 0.1) is 28.4 Å². The summed E-state index contributed by atoms with van der Waals surface area (Å²) >= 11 is 12.2. The average molecular weight is 590 g/mol. The quantitative estimate of drug-likeness (QED) is 0.449. The molecule has 2 aromatic rings. The summed E-state index contributed by atoms with van der Waals surface area (Å²) in [7, 11) is 1.79. The minimum atomic E-state index is -1.70. The van der Waals surface area contributed by atoms with Gasteiger partial charge in [-0.25, -0.2) is 13.6 Å². The van der Waals surface area contributed by atoms with Gasteiger partial charge in [-0.3, -0.25) is 4.79 Å². The van der Waals surface area contributed by atoms with Gasteiger partial charge in [0.2, 0.25) is 5.91 Å². The maximum Gasteiger partial charge on any atom is 0.238 e. The summed E-state index contributed by atoms with van der Waals surface area (Å²) in [5, 5.41) is 17.2. The number of nitriles is 1. The molecule has 0 aromatic heterocycles. The van der Waals surface area contributed by atoms with Crippen LogP contribution in [0.3, 0.4) is 0 Å². The second-order valence-electron chi connectivity index (χ2n) is 11.9. The normalized spacial score (nSPS) is 26.8. The molecule has 2 fully saturated rings. The highest BCUT2D eigenvalue weighted by molar-refractivity contribution is 6.31. The molecule has 40 heavy (non-hydrogen) atoms. The molecule has 212 valence electrons. The van der Waals surface area contributed by atoms with Crippen molar-refractivity contribution in [2.24, 2.45) is 5.41 Å². The summed E-state index contributed by atoms with van der Waals surface area (Å²) in [6.07, 6.45) is 1.24. The molecular weight excluding hydrogens is 557 g/mol. The van der Waals surface area contributed by atoms with Gasteiger partial charge in [-0.1, -0.05) is 62.2 Å². The number of benzene rings is 2. The summed E-state index contributed by atoms with van der Waals surface area (Å²) < 4.78 is 31.4. The number of carbonyl (C=O) groups excluding carboxylic acids is 2. The molecule has 10 heteroatoms. The fraction of sp³-hybridized carbons (Fsp3) is 0.467. The Hall–Kier alpha value is -2.95. The third-order valence-corrected chi connectivity index (χ3v) is 8.44. The first kappa shape index (κ1) is 30.0. The number of nitrogens with one attached hydrogen (secondary N) is 2. The molecule has 2 aliphatic heterocycles. The van der Waals surface area contributed by atoms with Crippen LogP contribution in [0.2, 0.25) is 10.0 Å². The smallest absolute Gasteiger partial charge is 0.238 e. The first-order chi connectivity index (χ1) is 18.8. The zero-order chi connectivity index (χ0) is 29.4.